The Hall–Kier alpha value is -1.22. The highest BCUT2D eigenvalue weighted by molar-refractivity contribution is 6.30. The number of hydrogen-bond acceptors (Lipinski definition) is 2. The molecule has 1 aliphatic rings. The van der Waals surface area contributed by atoms with Gasteiger partial charge in [0.15, 0.2) is 0 Å². The molecule has 1 aromatic rings. The average molecular weight is 281 g/mol. The van der Waals surface area contributed by atoms with Gasteiger partial charge in [0.25, 0.3) is 0 Å². The summed E-state index contributed by atoms with van der Waals surface area (Å²) < 4.78 is 0. The Morgan fingerprint density at radius 2 is 1.84 bits per heavy atom. The largest absolute Gasteiger partial charge is 0.385 e. The molecule has 0 aliphatic heterocycles. The quantitative estimate of drug-likeness (QED) is 0.865. The monoisotopic (exact) mass is 280 g/mol. The molecule has 4 heteroatoms. The molecule has 1 fully saturated rings. The van der Waals surface area contributed by atoms with Crippen molar-refractivity contribution in [3.05, 3.63) is 29.3 Å². The fourth-order valence-electron chi connectivity index (χ4n) is 2.43. The van der Waals surface area contributed by atoms with Crippen LogP contribution in [0.1, 0.15) is 38.5 Å². The Kier molecular flexibility index (Phi) is 5.52. The van der Waals surface area contributed by atoms with Gasteiger partial charge >= 0.3 is 0 Å². The van der Waals surface area contributed by atoms with Crippen LogP contribution in [0.4, 0.5) is 5.69 Å². The highest BCUT2D eigenvalue weighted by atomic mass is 35.5. The molecule has 1 aliphatic carbocycles. The van der Waals surface area contributed by atoms with Crippen molar-refractivity contribution >= 4 is 23.2 Å². The van der Waals surface area contributed by atoms with Crippen molar-refractivity contribution in [3.63, 3.8) is 0 Å². The summed E-state index contributed by atoms with van der Waals surface area (Å²) in [5, 5.41) is 7.06. The third-order valence-corrected chi connectivity index (χ3v) is 3.75. The SMILES string of the molecule is O=C(CCNc1ccc(Cl)cc1)NC1CCCCC1. The van der Waals surface area contributed by atoms with Crippen molar-refractivity contribution in [2.45, 2.75) is 44.6 Å². The Morgan fingerprint density at radius 3 is 2.53 bits per heavy atom. The van der Waals surface area contributed by atoms with E-state index in [-0.39, 0.29) is 5.91 Å². The first-order valence-corrected chi connectivity index (χ1v) is 7.40. The fourth-order valence-corrected chi connectivity index (χ4v) is 2.56. The van der Waals surface area contributed by atoms with Crippen LogP contribution in [-0.2, 0) is 4.79 Å². The van der Waals surface area contributed by atoms with Crippen LogP contribution in [0.5, 0.6) is 0 Å². The zero-order valence-corrected chi connectivity index (χ0v) is 11.9. The third kappa shape index (κ3) is 5.11. The first-order valence-electron chi connectivity index (χ1n) is 7.03. The predicted molar refractivity (Wildman–Crippen MR) is 79.6 cm³/mol. The number of nitrogens with one attached hydrogen (secondary N) is 2. The summed E-state index contributed by atoms with van der Waals surface area (Å²) in [4.78, 5) is 11.8. The molecular formula is C15H21ClN2O. The first kappa shape index (κ1) is 14.2. The maximum atomic E-state index is 11.8. The van der Waals surface area contributed by atoms with Crippen molar-refractivity contribution in [2.75, 3.05) is 11.9 Å². The number of rotatable bonds is 5. The van der Waals surface area contributed by atoms with E-state index in [0.29, 0.717) is 19.0 Å². The van der Waals surface area contributed by atoms with Gasteiger partial charge in [-0.25, -0.2) is 0 Å². The van der Waals surface area contributed by atoms with Crippen molar-refractivity contribution in [3.8, 4) is 0 Å². The second kappa shape index (κ2) is 7.39. The molecule has 2 rings (SSSR count). The van der Waals surface area contributed by atoms with Gasteiger partial charge in [-0.2, -0.15) is 0 Å². The van der Waals surface area contributed by atoms with Gasteiger partial charge in [-0.3, -0.25) is 4.79 Å². The molecule has 0 saturated heterocycles. The van der Waals surface area contributed by atoms with Crippen LogP contribution in [0, 0.1) is 0 Å². The summed E-state index contributed by atoms with van der Waals surface area (Å²) in [6, 6.07) is 7.91. The molecule has 0 atom stereocenters. The maximum absolute atomic E-state index is 11.8. The van der Waals surface area contributed by atoms with Crippen LogP contribution in [0.15, 0.2) is 24.3 Å². The van der Waals surface area contributed by atoms with E-state index in [2.05, 4.69) is 10.6 Å². The number of benzene rings is 1. The molecule has 1 aromatic carbocycles. The fraction of sp³-hybridized carbons (Fsp3) is 0.533. The first-order chi connectivity index (χ1) is 9.24. The molecule has 1 amide bonds. The van der Waals surface area contributed by atoms with Crippen molar-refractivity contribution in [2.24, 2.45) is 0 Å². The minimum absolute atomic E-state index is 0.147. The van der Waals surface area contributed by atoms with Crippen LogP contribution in [0.2, 0.25) is 5.02 Å². The zero-order valence-electron chi connectivity index (χ0n) is 11.1. The molecule has 0 aromatic heterocycles. The van der Waals surface area contributed by atoms with E-state index in [1.807, 2.05) is 24.3 Å². The molecule has 0 radical (unpaired) electrons. The lowest BCUT2D eigenvalue weighted by molar-refractivity contribution is -0.121. The van der Waals surface area contributed by atoms with E-state index in [0.717, 1.165) is 23.6 Å². The van der Waals surface area contributed by atoms with Gasteiger partial charge in [-0.05, 0) is 37.1 Å². The Balaban J connectivity index is 1.64. The minimum Gasteiger partial charge on any atom is -0.385 e. The smallest absolute Gasteiger partial charge is 0.221 e. The molecule has 0 bridgehead atoms. The second-order valence-corrected chi connectivity index (χ2v) is 5.52. The van der Waals surface area contributed by atoms with Gasteiger partial charge in [-0.1, -0.05) is 30.9 Å². The van der Waals surface area contributed by atoms with Gasteiger partial charge < -0.3 is 10.6 Å². The Labute approximate surface area is 119 Å². The van der Waals surface area contributed by atoms with E-state index in [1.165, 1.54) is 19.3 Å². The average Bonchev–Trinajstić information content (AvgIpc) is 2.42. The number of anilines is 1. The normalized spacial score (nSPS) is 16.1. The lowest BCUT2D eigenvalue weighted by atomic mass is 9.95. The van der Waals surface area contributed by atoms with E-state index < -0.39 is 0 Å². The molecule has 0 unspecified atom stereocenters. The summed E-state index contributed by atoms with van der Waals surface area (Å²) in [5.74, 6) is 0.147. The third-order valence-electron chi connectivity index (χ3n) is 3.50. The number of carbonyl (C=O) groups is 1. The van der Waals surface area contributed by atoms with E-state index in [4.69, 9.17) is 11.6 Å². The van der Waals surface area contributed by atoms with Crippen LogP contribution < -0.4 is 10.6 Å². The van der Waals surface area contributed by atoms with Gasteiger partial charge in [0, 0.05) is 29.7 Å². The molecule has 0 spiro atoms. The van der Waals surface area contributed by atoms with E-state index in [9.17, 15) is 4.79 Å². The van der Waals surface area contributed by atoms with Crippen LogP contribution in [0.25, 0.3) is 0 Å². The molecule has 2 N–H and O–H groups in total. The molecule has 3 nitrogen and oxygen atoms in total. The molecule has 1 saturated carbocycles. The summed E-state index contributed by atoms with van der Waals surface area (Å²) in [7, 11) is 0. The summed E-state index contributed by atoms with van der Waals surface area (Å²) >= 11 is 5.81. The number of amides is 1. The summed E-state index contributed by atoms with van der Waals surface area (Å²) in [6.45, 7) is 0.653. The lowest BCUT2D eigenvalue weighted by Crippen LogP contribution is -2.36. The molecule has 19 heavy (non-hydrogen) atoms. The Bertz CT molecular complexity index is 399. The van der Waals surface area contributed by atoms with E-state index >= 15 is 0 Å². The Morgan fingerprint density at radius 1 is 1.16 bits per heavy atom. The molecule has 0 heterocycles. The van der Waals surface area contributed by atoms with Crippen LogP contribution in [0.3, 0.4) is 0 Å². The predicted octanol–water partition coefficient (Wildman–Crippen LogP) is 3.59. The van der Waals surface area contributed by atoms with Gasteiger partial charge in [0.05, 0.1) is 0 Å². The summed E-state index contributed by atoms with van der Waals surface area (Å²) in [6.07, 6.45) is 6.58. The number of carbonyl (C=O) groups excluding carboxylic acids is 1. The number of halogens is 1. The standard InChI is InChI=1S/C15H21ClN2O/c16-12-6-8-13(9-7-12)17-11-10-15(19)18-14-4-2-1-3-5-14/h6-9,14,17H,1-5,10-11H2,(H,18,19). The van der Waals surface area contributed by atoms with Crippen LogP contribution in [-0.4, -0.2) is 18.5 Å². The van der Waals surface area contributed by atoms with Crippen LogP contribution >= 0.6 is 11.6 Å². The van der Waals surface area contributed by atoms with E-state index in [1.54, 1.807) is 0 Å². The highest BCUT2D eigenvalue weighted by Gasteiger charge is 2.15. The van der Waals surface area contributed by atoms with Gasteiger partial charge in [0.1, 0.15) is 0 Å². The molecule has 104 valence electrons. The topological polar surface area (TPSA) is 41.1 Å². The lowest BCUT2D eigenvalue weighted by Gasteiger charge is -2.22. The van der Waals surface area contributed by atoms with Gasteiger partial charge in [0.2, 0.25) is 5.91 Å². The van der Waals surface area contributed by atoms with Gasteiger partial charge in [-0.15, -0.1) is 0 Å². The maximum Gasteiger partial charge on any atom is 0.221 e. The van der Waals surface area contributed by atoms with Crippen molar-refractivity contribution in [1.82, 2.24) is 5.32 Å². The minimum atomic E-state index is 0.147. The second-order valence-electron chi connectivity index (χ2n) is 5.09. The van der Waals surface area contributed by atoms with Crippen molar-refractivity contribution in [1.29, 1.82) is 0 Å². The summed E-state index contributed by atoms with van der Waals surface area (Å²) in [5.41, 5.74) is 0.995. The zero-order chi connectivity index (χ0) is 13.5. The molecular weight excluding hydrogens is 260 g/mol. The number of hydrogen-bond donors (Lipinski definition) is 2. The van der Waals surface area contributed by atoms with Crippen molar-refractivity contribution < 1.29 is 4.79 Å². The highest BCUT2D eigenvalue weighted by Crippen LogP contribution is 2.17.